The third-order valence-corrected chi connectivity index (χ3v) is 5.04. The van der Waals surface area contributed by atoms with Crippen molar-refractivity contribution in [2.45, 2.75) is 12.5 Å². The number of amides is 1. The first kappa shape index (κ1) is 19.6. The van der Waals surface area contributed by atoms with E-state index in [1.807, 2.05) is 11.0 Å². The molecule has 3 heterocycles. The summed E-state index contributed by atoms with van der Waals surface area (Å²) in [6.07, 6.45) is 0.237. The minimum absolute atomic E-state index is 0.0451. The number of hydrogen-bond acceptors (Lipinski definition) is 8. The number of oxazole rings is 1. The Morgan fingerprint density at radius 1 is 1.34 bits per heavy atom. The van der Waals surface area contributed by atoms with Crippen LogP contribution >= 0.6 is 15.9 Å². The molecule has 0 spiro atoms. The van der Waals surface area contributed by atoms with Crippen LogP contribution in [-0.4, -0.2) is 58.4 Å². The number of halogens is 1. The molecule has 1 saturated heterocycles. The fourth-order valence-corrected chi connectivity index (χ4v) is 3.59. The summed E-state index contributed by atoms with van der Waals surface area (Å²) >= 11 is 3.27. The van der Waals surface area contributed by atoms with Crippen LogP contribution in [0.5, 0.6) is 0 Å². The van der Waals surface area contributed by atoms with Gasteiger partial charge in [0.1, 0.15) is 15.8 Å². The maximum atomic E-state index is 12.7. The monoisotopic (exact) mass is 461 g/mol. The Balaban J connectivity index is 1.70. The Kier molecular flexibility index (Phi) is 5.65. The standard InChI is InChI=1S/C19H20BrN5O4/c20-17-3-1-2-12(22-17)18(28)23-13-9-16-14(24-19(29-16)21-5-7-26)8-15(13)25-6-4-11(27)10-25/h1-3,8-9,11,26-27H,4-7,10H2,(H,21,24)(H,23,28). The molecule has 9 nitrogen and oxygen atoms in total. The number of β-amino-alcohol motifs (C(OH)–C–C–N with tert-alkyl or cyclic N) is 1. The lowest BCUT2D eigenvalue weighted by Crippen LogP contribution is -2.23. The van der Waals surface area contributed by atoms with Crippen molar-refractivity contribution in [1.29, 1.82) is 0 Å². The molecule has 1 aromatic carbocycles. The fraction of sp³-hybridized carbons (Fsp3) is 0.316. The minimum atomic E-state index is -0.417. The third-order valence-electron chi connectivity index (χ3n) is 4.59. The molecule has 0 aliphatic carbocycles. The van der Waals surface area contributed by atoms with E-state index in [9.17, 15) is 9.90 Å². The number of hydrogen-bond donors (Lipinski definition) is 4. The predicted molar refractivity (Wildman–Crippen MR) is 112 cm³/mol. The van der Waals surface area contributed by atoms with Crippen LogP contribution in [0, 0.1) is 0 Å². The van der Waals surface area contributed by atoms with E-state index in [1.165, 1.54) is 0 Å². The number of aromatic nitrogens is 2. The lowest BCUT2D eigenvalue weighted by Gasteiger charge is -2.21. The van der Waals surface area contributed by atoms with Crippen LogP contribution in [0.25, 0.3) is 11.1 Å². The molecule has 0 saturated carbocycles. The number of fused-ring (bicyclic) bond motifs is 1. The van der Waals surface area contributed by atoms with Crippen molar-refractivity contribution in [3.63, 3.8) is 0 Å². The van der Waals surface area contributed by atoms with Crippen LogP contribution < -0.4 is 15.5 Å². The van der Waals surface area contributed by atoms with Gasteiger partial charge in [0.15, 0.2) is 5.58 Å². The van der Waals surface area contributed by atoms with E-state index >= 15 is 0 Å². The maximum absolute atomic E-state index is 12.7. The van der Waals surface area contributed by atoms with E-state index in [2.05, 4.69) is 36.5 Å². The number of carbonyl (C=O) groups excluding carboxylic acids is 1. The predicted octanol–water partition coefficient (Wildman–Crippen LogP) is 2.21. The molecule has 1 amide bonds. The molecule has 29 heavy (non-hydrogen) atoms. The summed E-state index contributed by atoms with van der Waals surface area (Å²) in [5, 5.41) is 24.7. The first-order valence-electron chi connectivity index (χ1n) is 9.20. The highest BCUT2D eigenvalue weighted by molar-refractivity contribution is 9.10. The number of aliphatic hydroxyl groups excluding tert-OH is 2. The fourth-order valence-electron chi connectivity index (χ4n) is 3.24. The number of anilines is 3. The first-order chi connectivity index (χ1) is 14.0. The molecule has 1 aliphatic rings. The highest BCUT2D eigenvalue weighted by atomic mass is 79.9. The van der Waals surface area contributed by atoms with Gasteiger partial charge in [-0.1, -0.05) is 6.07 Å². The average molecular weight is 462 g/mol. The second kappa shape index (κ2) is 8.36. The molecule has 1 fully saturated rings. The van der Waals surface area contributed by atoms with Crippen molar-refractivity contribution >= 4 is 50.3 Å². The molecule has 1 unspecified atom stereocenters. The lowest BCUT2D eigenvalue weighted by molar-refractivity contribution is 0.102. The van der Waals surface area contributed by atoms with Gasteiger partial charge in [-0.05, 0) is 40.5 Å². The van der Waals surface area contributed by atoms with Crippen LogP contribution in [0.1, 0.15) is 16.9 Å². The van der Waals surface area contributed by atoms with E-state index in [-0.39, 0.29) is 18.2 Å². The van der Waals surface area contributed by atoms with Crippen molar-refractivity contribution < 1.29 is 19.4 Å². The molecule has 1 atom stereocenters. The summed E-state index contributed by atoms with van der Waals surface area (Å²) < 4.78 is 6.25. The number of nitrogens with zero attached hydrogens (tertiary/aromatic N) is 3. The van der Waals surface area contributed by atoms with E-state index in [4.69, 9.17) is 9.52 Å². The van der Waals surface area contributed by atoms with Crippen molar-refractivity contribution in [3.8, 4) is 0 Å². The number of aliphatic hydroxyl groups is 2. The topological polar surface area (TPSA) is 124 Å². The zero-order chi connectivity index (χ0) is 20.4. The van der Waals surface area contributed by atoms with Gasteiger partial charge in [0.05, 0.1) is 24.1 Å². The van der Waals surface area contributed by atoms with Crippen molar-refractivity contribution in [2.24, 2.45) is 0 Å². The Labute approximate surface area is 174 Å². The zero-order valence-electron chi connectivity index (χ0n) is 15.4. The van der Waals surface area contributed by atoms with Crippen LogP contribution in [0.2, 0.25) is 0 Å². The molecule has 0 radical (unpaired) electrons. The number of carbonyl (C=O) groups is 1. The molecule has 4 N–H and O–H groups in total. The van der Waals surface area contributed by atoms with E-state index in [0.29, 0.717) is 53.5 Å². The molecule has 2 aromatic heterocycles. The molecule has 4 rings (SSSR count). The van der Waals surface area contributed by atoms with Crippen molar-refractivity contribution in [1.82, 2.24) is 9.97 Å². The summed E-state index contributed by atoms with van der Waals surface area (Å²) in [6.45, 7) is 1.40. The van der Waals surface area contributed by atoms with E-state index in [1.54, 1.807) is 24.3 Å². The first-order valence-corrected chi connectivity index (χ1v) is 9.99. The van der Waals surface area contributed by atoms with Crippen molar-refractivity contribution in [2.75, 3.05) is 41.8 Å². The molecule has 3 aromatic rings. The van der Waals surface area contributed by atoms with Gasteiger partial charge in [-0.3, -0.25) is 4.79 Å². The summed E-state index contributed by atoms with van der Waals surface area (Å²) in [4.78, 5) is 23.3. The quantitative estimate of drug-likeness (QED) is 0.412. The molecule has 10 heteroatoms. The lowest BCUT2D eigenvalue weighted by atomic mass is 10.2. The summed E-state index contributed by atoms with van der Waals surface area (Å²) in [6, 6.07) is 8.94. The van der Waals surface area contributed by atoms with Gasteiger partial charge in [-0.15, -0.1) is 0 Å². The normalized spacial score (nSPS) is 16.4. The van der Waals surface area contributed by atoms with E-state index in [0.717, 1.165) is 5.69 Å². The second-order valence-corrected chi connectivity index (χ2v) is 7.51. The molecular formula is C19H20BrN5O4. The van der Waals surface area contributed by atoms with Gasteiger partial charge in [0.25, 0.3) is 11.9 Å². The van der Waals surface area contributed by atoms with Gasteiger partial charge >= 0.3 is 0 Å². The van der Waals surface area contributed by atoms with Gasteiger partial charge in [0, 0.05) is 25.7 Å². The van der Waals surface area contributed by atoms with Crippen LogP contribution in [0.15, 0.2) is 39.4 Å². The maximum Gasteiger partial charge on any atom is 0.295 e. The number of rotatable bonds is 6. The number of pyridine rings is 1. The van der Waals surface area contributed by atoms with Crippen molar-refractivity contribution in [3.05, 3.63) is 40.6 Å². The third kappa shape index (κ3) is 4.34. The van der Waals surface area contributed by atoms with Crippen LogP contribution in [-0.2, 0) is 0 Å². The summed E-state index contributed by atoms with van der Waals surface area (Å²) in [5.74, 6) is -0.357. The molecule has 152 valence electrons. The largest absolute Gasteiger partial charge is 0.423 e. The smallest absolute Gasteiger partial charge is 0.295 e. The highest BCUT2D eigenvalue weighted by Gasteiger charge is 2.25. The Hall–Kier alpha value is -2.69. The molecular weight excluding hydrogens is 442 g/mol. The summed E-state index contributed by atoms with van der Waals surface area (Å²) in [5.41, 5.74) is 2.67. The zero-order valence-corrected chi connectivity index (χ0v) is 17.0. The Morgan fingerprint density at radius 2 is 2.21 bits per heavy atom. The minimum Gasteiger partial charge on any atom is -0.423 e. The summed E-state index contributed by atoms with van der Waals surface area (Å²) in [7, 11) is 0. The van der Waals surface area contributed by atoms with Crippen LogP contribution in [0.4, 0.5) is 17.4 Å². The van der Waals surface area contributed by atoms with Crippen LogP contribution in [0.3, 0.4) is 0 Å². The number of benzene rings is 1. The molecule has 0 bridgehead atoms. The van der Waals surface area contributed by atoms with E-state index < -0.39 is 6.10 Å². The SMILES string of the molecule is O=C(Nc1cc2oc(NCCO)nc2cc1N1CCC(O)C1)c1cccc(Br)n1. The second-order valence-electron chi connectivity index (χ2n) is 6.69. The Bertz CT molecular complexity index is 1040. The number of nitrogens with one attached hydrogen (secondary N) is 2. The highest BCUT2D eigenvalue weighted by Crippen LogP contribution is 2.35. The van der Waals surface area contributed by atoms with Gasteiger partial charge in [-0.2, -0.15) is 4.98 Å². The molecule has 1 aliphatic heterocycles. The average Bonchev–Trinajstić information content (AvgIpc) is 3.31. The Morgan fingerprint density at radius 3 is 2.93 bits per heavy atom. The van der Waals surface area contributed by atoms with Gasteiger partial charge in [-0.25, -0.2) is 4.98 Å². The van der Waals surface area contributed by atoms with Gasteiger partial charge in [0.2, 0.25) is 0 Å². The van der Waals surface area contributed by atoms with Gasteiger partial charge < -0.3 is 30.2 Å².